The SMILES string of the molecule is Cc1ccc(Br)cc1C(=O)NCC1CCCS1. The fourth-order valence-electron chi connectivity index (χ4n) is 1.95. The molecule has 1 aliphatic heterocycles. The van der Waals surface area contributed by atoms with Gasteiger partial charge in [0, 0.05) is 21.8 Å². The Bertz CT molecular complexity index is 416. The molecule has 92 valence electrons. The second kappa shape index (κ2) is 5.91. The number of nitrogens with one attached hydrogen (secondary N) is 1. The van der Waals surface area contributed by atoms with Crippen molar-refractivity contribution in [1.29, 1.82) is 0 Å². The van der Waals surface area contributed by atoms with Gasteiger partial charge in [-0.2, -0.15) is 11.8 Å². The van der Waals surface area contributed by atoms with Gasteiger partial charge in [0.15, 0.2) is 0 Å². The monoisotopic (exact) mass is 313 g/mol. The Morgan fingerprint density at radius 1 is 1.59 bits per heavy atom. The molecule has 4 heteroatoms. The number of carbonyl (C=O) groups excluding carboxylic acids is 1. The van der Waals surface area contributed by atoms with Crippen molar-refractivity contribution >= 4 is 33.6 Å². The van der Waals surface area contributed by atoms with Crippen LogP contribution >= 0.6 is 27.7 Å². The molecule has 1 aromatic carbocycles. The predicted octanol–water partition coefficient (Wildman–Crippen LogP) is 3.38. The van der Waals surface area contributed by atoms with Gasteiger partial charge < -0.3 is 5.32 Å². The number of aryl methyl sites for hydroxylation is 1. The third-order valence-electron chi connectivity index (χ3n) is 2.96. The van der Waals surface area contributed by atoms with Crippen LogP contribution in [0.1, 0.15) is 28.8 Å². The van der Waals surface area contributed by atoms with E-state index >= 15 is 0 Å². The third-order valence-corrected chi connectivity index (χ3v) is 4.85. The molecule has 1 unspecified atom stereocenters. The second-order valence-corrected chi connectivity index (χ2v) is 6.63. The zero-order chi connectivity index (χ0) is 12.3. The molecular weight excluding hydrogens is 298 g/mol. The maximum Gasteiger partial charge on any atom is 0.251 e. The highest BCUT2D eigenvalue weighted by molar-refractivity contribution is 9.10. The maximum atomic E-state index is 12.0. The Kier molecular flexibility index (Phi) is 4.51. The van der Waals surface area contributed by atoms with Crippen LogP contribution in [0.25, 0.3) is 0 Å². The van der Waals surface area contributed by atoms with Crippen molar-refractivity contribution in [1.82, 2.24) is 5.32 Å². The molecule has 1 N–H and O–H groups in total. The van der Waals surface area contributed by atoms with Crippen molar-refractivity contribution in [3.63, 3.8) is 0 Å². The molecule has 0 bridgehead atoms. The van der Waals surface area contributed by atoms with Gasteiger partial charge in [0.2, 0.25) is 0 Å². The molecule has 17 heavy (non-hydrogen) atoms. The number of benzene rings is 1. The van der Waals surface area contributed by atoms with E-state index in [1.807, 2.05) is 36.9 Å². The number of hydrogen-bond donors (Lipinski definition) is 1. The summed E-state index contributed by atoms with van der Waals surface area (Å²) in [5.74, 6) is 1.27. The van der Waals surface area contributed by atoms with Crippen LogP contribution in [0, 0.1) is 6.92 Å². The lowest BCUT2D eigenvalue weighted by Gasteiger charge is -2.11. The fraction of sp³-hybridized carbons (Fsp3) is 0.462. The minimum Gasteiger partial charge on any atom is -0.351 e. The molecule has 2 rings (SSSR count). The molecule has 1 atom stereocenters. The summed E-state index contributed by atoms with van der Waals surface area (Å²) in [7, 11) is 0. The summed E-state index contributed by atoms with van der Waals surface area (Å²) in [5, 5.41) is 3.63. The van der Waals surface area contributed by atoms with Gasteiger partial charge in [-0.15, -0.1) is 0 Å². The highest BCUT2D eigenvalue weighted by atomic mass is 79.9. The van der Waals surface area contributed by atoms with Gasteiger partial charge in [0.1, 0.15) is 0 Å². The van der Waals surface area contributed by atoms with E-state index < -0.39 is 0 Å². The van der Waals surface area contributed by atoms with E-state index in [-0.39, 0.29) is 5.91 Å². The van der Waals surface area contributed by atoms with Crippen LogP contribution in [-0.4, -0.2) is 23.5 Å². The van der Waals surface area contributed by atoms with Crippen molar-refractivity contribution in [3.8, 4) is 0 Å². The van der Waals surface area contributed by atoms with Crippen molar-refractivity contribution in [2.75, 3.05) is 12.3 Å². The molecule has 1 aromatic rings. The van der Waals surface area contributed by atoms with E-state index in [9.17, 15) is 4.79 Å². The summed E-state index contributed by atoms with van der Waals surface area (Å²) in [6.07, 6.45) is 2.50. The molecule has 1 fully saturated rings. The van der Waals surface area contributed by atoms with Crippen LogP contribution in [0.5, 0.6) is 0 Å². The molecule has 0 spiro atoms. The van der Waals surface area contributed by atoms with Crippen molar-refractivity contribution in [3.05, 3.63) is 33.8 Å². The topological polar surface area (TPSA) is 29.1 Å². The summed E-state index contributed by atoms with van der Waals surface area (Å²) in [4.78, 5) is 12.0. The molecule has 2 nitrogen and oxygen atoms in total. The quantitative estimate of drug-likeness (QED) is 0.927. The minimum absolute atomic E-state index is 0.0382. The lowest BCUT2D eigenvalue weighted by molar-refractivity contribution is 0.0953. The Morgan fingerprint density at radius 3 is 3.12 bits per heavy atom. The van der Waals surface area contributed by atoms with E-state index in [0.717, 1.165) is 22.1 Å². The summed E-state index contributed by atoms with van der Waals surface area (Å²) in [5.41, 5.74) is 1.78. The number of halogens is 1. The van der Waals surface area contributed by atoms with Crippen LogP contribution in [0.15, 0.2) is 22.7 Å². The van der Waals surface area contributed by atoms with Gasteiger partial charge in [-0.1, -0.05) is 22.0 Å². The normalized spacial score (nSPS) is 19.3. The number of hydrogen-bond acceptors (Lipinski definition) is 2. The Labute approximate surface area is 115 Å². The average Bonchev–Trinajstić information content (AvgIpc) is 2.82. The van der Waals surface area contributed by atoms with E-state index in [1.165, 1.54) is 18.6 Å². The molecule has 0 aromatic heterocycles. The van der Waals surface area contributed by atoms with Crippen LogP contribution in [0.3, 0.4) is 0 Å². The molecule has 1 heterocycles. The highest BCUT2D eigenvalue weighted by Crippen LogP contribution is 2.25. The standard InChI is InChI=1S/C13H16BrNOS/c1-9-4-5-10(14)7-12(9)13(16)15-8-11-3-2-6-17-11/h4-5,7,11H,2-3,6,8H2,1H3,(H,15,16). The zero-order valence-electron chi connectivity index (χ0n) is 9.83. The van der Waals surface area contributed by atoms with Gasteiger partial charge in [-0.3, -0.25) is 4.79 Å². The number of carbonyl (C=O) groups is 1. The first-order chi connectivity index (χ1) is 8.16. The minimum atomic E-state index is 0.0382. The highest BCUT2D eigenvalue weighted by Gasteiger charge is 2.17. The van der Waals surface area contributed by atoms with Crippen molar-refractivity contribution in [2.45, 2.75) is 25.0 Å². The predicted molar refractivity (Wildman–Crippen MR) is 76.7 cm³/mol. The first-order valence-electron chi connectivity index (χ1n) is 5.83. The van der Waals surface area contributed by atoms with Crippen LogP contribution < -0.4 is 5.32 Å². The largest absolute Gasteiger partial charge is 0.351 e. The van der Waals surface area contributed by atoms with Crippen LogP contribution in [0.2, 0.25) is 0 Å². The van der Waals surface area contributed by atoms with Crippen molar-refractivity contribution in [2.24, 2.45) is 0 Å². The molecule has 1 aliphatic rings. The lowest BCUT2D eigenvalue weighted by atomic mass is 10.1. The Morgan fingerprint density at radius 2 is 2.41 bits per heavy atom. The van der Waals surface area contributed by atoms with Gasteiger partial charge in [0.25, 0.3) is 5.91 Å². The molecule has 0 aliphatic carbocycles. The van der Waals surface area contributed by atoms with Crippen molar-refractivity contribution < 1.29 is 4.79 Å². The van der Waals surface area contributed by atoms with E-state index in [0.29, 0.717) is 5.25 Å². The summed E-state index contributed by atoms with van der Waals surface area (Å²) in [6.45, 7) is 2.75. The first-order valence-corrected chi connectivity index (χ1v) is 7.67. The number of amides is 1. The van der Waals surface area contributed by atoms with E-state index in [1.54, 1.807) is 0 Å². The fourth-order valence-corrected chi connectivity index (χ4v) is 3.51. The molecule has 1 saturated heterocycles. The maximum absolute atomic E-state index is 12.0. The third kappa shape index (κ3) is 3.49. The Balaban J connectivity index is 1.96. The van der Waals surface area contributed by atoms with Gasteiger partial charge >= 0.3 is 0 Å². The summed E-state index contributed by atoms with van der Waals surface area (Å²) < 4.78 is 0.948. The smallest absolute Gasteiger partial charge is 0.251 e. The lowest BCUT2D eigenvalue weighted by Crippen LogP contribution is -2.30. The average molecular weight is 314 g/mol. The summed E-state index contributed by atoms with van der Waals surface area (Å²) >= 11 is 5.36. The number of thioether (sulfide) groups is 1. The molecule has 0 saturated carbocycles. The summed E-state index contributed by atoms with van der Waals surface area (Å²) in [6, 6.07) is 5.80. The van der Waals surface area contributed by atoms with Gasteiger partial charge in [0.05, 0.1) is 0 Å². The number of rotatable bonds is 3. The van der Waals surface area contributed by atoms with E-state index in [4.69, 9.17) is 0 Å². The zero-order valence-corrected chi connectivity index (χ0v) is 12.2. The molecular formula is C13H16BrNOS. The molecule has 1 amide bonds. The molecule has 0 radical (unpaired) electrons. The van der Waals surface area contributed by atoms with Crippen LogP contribution in [0.4, 0.5) is 0 Å². The second-order valence-electron chi connectivity index (χ2n) is 4.30. The van der Waals surface area contributed by atoms with Gasteiger partial charge in [-0.25, -0.2) is 0 Å². The first kappa shape index (κ1) is 13.0. The van der Waals surface area contributed by atoms with Crippen LogP contribution in [-0.2, 0) is 0 Å². The van der Waals surface area contributed by atoms with Gasteiger partial charge in [-0.05, 0) is 43.2 Å². The Hall–Kier alpha value is -0.480. The van der Waals surface area contributed by atoms with E-state index in [2.05, 4.69) is 21.2 Å².